The molecule has 0 aliphatic carbocycles. The van der Waals surface area contributed by atoms with Crippen LogP contribution in [0.4, 0.5) is 0 Å². The van der Waals surface area contributed by atoms with E-state index in [9.17, 15) is 4.79 Å². The van der Waals surface area contributed by atoms with Gasteiger partial charge in [0.2, 0.25) is 0 Å². The molecule has 1 heterocycles. The second-order valence-corrected chi connectivity index (χ2v) is 5.22. The summed E-state index contributed by atoms with van der Waals surface area (Å²) in [5, 5.41) is 13.3. The van der Waals surface area contributed by atoms with Gasteiger partial charge in [0.05, 0.1) is 5.56 Å². The molecule has 0 unspecified atom stereocenters. The van der Waals surface area contributed by atoms with Gasteiger partial charge in [0.15, 0.2) is 0 Å². The molecule has 15 heavy (non-hydrogen) atoms. The minimum Gasteiger partial charge on any atom is -0.478 e. The number of carboxylic acids is 1. The third-order valence-corrected chi connectivity index (χ3v) is 4.43. The van der Waals surface area contributed by atoms with Gasteiger partial charge in [-0.3, -0.25) is 0 Å². The predicted octanol–water partition coefficient (Wildman–Crippen LogP) is 3.09. The maximum absolute atomic E-state index is 11.1. The van der Waals surface area contributed by atoms with Gasteiger partial charge in [-0.25, -0.2) is 4.79 Å². The summed E-state index contributed by atoms with van der Waals surface area (Å²) in [7, 11) is -0.556. The average Bonchev–Trinajstić information content (AvgIpc) is 2.70. The molecule has 0 atom stereocenters. The highest BCUT2D eigenvalue weighted by molar-refractivity contribution is 8.22. The summed E-state index contributed by atoms with van der Waals surface area (Å²) >= 11 is 0. The molecule has 1 aliphatic rings. The van der Waals surface area contributed by atoms with Crippen molar-refractivity contribution in [1.82, 2.24) is 0 Å². The first-order valence-corrected chi connectivity index (χ1v) is 6.14. The van der Waals surface area contributed by atoms with E-state index < -0.39 is 16.9 Å². The van der Waals surface area contributed by atoms with Crippen LogP contribution >= 0.6 is 10.9 Å². The van der Waals surface area contributed by atoms with Crippen LogP contribution in [0, 0.1) is 6.92 Å². The topological polar surface area (TPSA) is 37.3 Å². The van der Waals surface area contributed by atoms with E-state index in [1.54, 1.807) is 12.1 Å². The van der Waals surface area contributed by atoms with E-state index in [2.05, 4.69) is 10.8 Å². The van der Waals surface area contributed by atoms with Gasteiger partial charge in [0.25, 0.3) is 0 Å². The number of carboxylic acid groups (broad SMARTS) is 1. The summed E-state index contributed by atoms with van der Waals surface area (Å²) in [6.07, 6.45) is 3.95. The molecule has 0 fully saturated rings. The van der Waals surface area contributed by atoms with Crippen LogP contribution in [0.15, 0.2) is 46.1 Å². The Bertz CT molecular complexity index is 449. The van der Waals surface area contributed by atoms with Crippen LogP contribution in [0.25, 0.3) is 0 Å². The number of carbonyl (C=O) groups is 1. The van der Waals surface area contributed by atoms with Crippen molar-refractivity contribution < 1.29 is 9.90 Å². The van der Waals surface area contributed by atoms with Crippen LogP contribution in [-0.2, 0) is 0 Å². The largest absolute Gasteiger partial charge is 0.478 e. The first-order chi connectivity index (χ1) is 7.20. The maximum atomic E-state index is 11.1. The highest BCUT2D eigenvalue weighted by atomic mass is 32.2. The maximum Gasteiger partial charge on any atom is 0.336 e. The van der Waals surface area contributed by atoms with E-state index >= 15 is 0 Å². The van der Waals surface area contributed by atoms with Crippen LogP contribution in [0.5, 0.6) is 0 Å². The normalized spacial score (nSPS) is 15.9. The summed E-state index contributed by atoms with van der Waals surface area (Å²) in [6, 6.07) is 5.43. The van der Waals surface area contributed by atoms with Crippen molar-refractivity contribution in [2.45, 2.75) is 11.8 Å². The highest BCUT2D eigenvalue weighted by Crippen LogP contribution is 2.45. The molecule has 1 aromatic rings. The Hall–Kier alpha value is -1.48. The third-order valence-electron chi connectivity index (χ3n) is 2.33. The van der Waals surface area contributed by atoms with E-state index in [0.29, 0.717) is 5.56 Å². The van der Waals surface area contributed by atoms with E-state index in [4.69, 9.17) is 5.11 Å². The molecule has 78 valence electrons. The average molecular weight is 220 g/mol. The summed E-state index contributed by atoms with van der Waals surface area (Å²) in [5.74, 6) is -0.843. The Balaban J connectivity index is 2.56. The fourth-order valence-corrected chi connectivity index (χ4v) is 3.56. The van der Waals surface area contributed by atoms with Crippen molar-refractivity contribution in [1.29, 1.82) is 0 Å². The Morgan fingerprint density at radius 1 is 1.27 bits per heavy atom. The first kappa shape index (κ1) is 10.1. The molecule has 0 amide bonds. The minimum atomic E-state index is -0.843. The van der Waals surface area contributed by atoms with Crippen LogP contribution < -0.4 is 0 Å². The Labute approximate surface area is 91.3 Å². The van der Waals surface area contributed by atoms with Crippen molar-refractivity contribution in [3.05, 3.63) is 52.3 Å². The lowest BCUT2D eigenvalue weighted by Crippen LogP contribution is -2.01. The van der Waals surface area contributed by atoms with Crippen molar-refractivity contribution in [3.8, 4) is 0 Å². The van der Waals surface area contributed by atoms with Gasteiger partial charge in [-0.15, -0.1) is 0 Å². The molecule has 0 radical (unpaired) electrons. The van der Waals surface area contributed by atoms with Gasteiger partial charge in [0, 0.05) is 4.90 Å². The molecule has 1 aromatic carbocycles. The van der Waals surface area contributed by atoms with Crippen LogP contribution in [0.3, 0.4) is 0 Å². The lowest BCUT2D eigenvalue weighted by molar-refractivity contribution is 0.0693. The smallest absolute Gasteiger partial charge is 0.336 e. The quantitative estimate of drug-likeness (QED) is 0.751. The third kappa shape index (κ3) is 1.83. The number of aromatic carboxylic acids is 1. The lowest BCUT2D eigenvalue weighted by atomic mass is 10.1. The van der Waals surface area contributed by atoms with Gasteiger partial charge in [0.1, 0.15) is 0 Å². The Morgan fingerprint density at radius 3 is 2.53 bits per heavy atom. The first-order valence-electron chi connectivity index (χ1n) is 4.66. The molecule has 0 bridgehead atoms. The highest BCUT2D eigenvalue weighted by Gasteiger charge is 2.15. The molecule has 2 nitrogen and oxygen atoms in total. The lowest BCUT2D eigenvalue weighted by Gasteiger charge is -2.16. The summed E-state index contributed by atoms with van der Waals surface area (Å²) in [4.78, 5) is 12.1. The van der Waals surface area contributed by atoms with Gasteiger partial charge in [-0.05, 0) is 29.4 Å². The molecule has 0 saturated carbocycles. The van der Waals surface area contributed by atoms with Crippen LogP contribution in [0.2, 0.25) is 0 Å². The fourth-order valence-electron chi connectivity index (χ4n) is 1.66. The molecule has 2 rings (SSSR count). The summed E-state index contributed by atoms with van der Waals surface area (Å²) in [5.41, 5.74) is 1.48. The number of thiol groups is 1. The monoisotopic (exact) mass is 220 g/mol. The SMILES string of the molecule is Cc1cccc(C(=O)O)c1[SH]1C=CC=C1. The van der Waals surface area contributed by atoms with Crippen LogP contribution in [0.1, 0.15) is 15.9 Å². The molecule has 1 aliphatic heterocycles. The van der Waals surface area contributed by atoms with E-state index in [-0.39, 0.29) is 0 Å². The van der Waals surface area contributed by atoms with Crippen molar-refractivity contribution in [2.75, 3.05) is 0 Å². The van der Waals surface area contributed by atoms with Gasteiger partial charge >= 0.3 is 5.97 Å². The van der Waals surface area contributed by atoms with Gasteiger partial charge in [-0.2, -0.15) is 10.9 Å². The molecular weight excluding hydrogens is 208 g/mol. The number of aryl methyl sites for hydroxylation is 1. The number of hydrogen-bond acceptors (Lipinski definition) is 1. The standard InChI is InChI=1S/C12H12O2S/c1-9-5-4-6-10(12(13)14)11(9)15-7-2-3-8-15/h2-8,15H,1H3,(H,13,14). The predicted molar refractivity (Wildman–Crippen MR) is 63.7 cm³/mol. The fraction of sp³-hybridized carbons (Fsp3) is 0.0833. The molecule has 0 saturated heterocycles. The Kier molecular flexibility index (Phi) is 2.64. The second kappa shape index (κ2) is 3.95. The zero-order valence-corrected chi connectivity index (χ0v) is 9.24. The van der Waals surface area contributed by atoms with E-state index in [1.807, 2.05) is 25.1 Å². The minimum absolute atomic E-state index is 0.428. The van der Waals surface area contributed by atoms with Crippen molar-refractivity contribution in [2.24, 2.45) is 0 Å². The zero-order valence-electron chi connectivity index (χ0n) is 8.34. The molecule has 3 heteroatoms. The summed E-state index contributed by atoms with van der Waals surface area (Å²) in [6.45, 7) is 1.96. The van der Waals surface area contributed by atoms with Crippen molar-refractivity contribution in [3.63, 3.8) is 0 Å². The zero-order chi connectivity index (χ0) is 10.8. The number of hydrogen-bond donors (Lipinski definition) is 2. The summed E-state index contributed by atoms with van der Waals surface area (Å²) < 4.78 is 0. The number of rotatable bonds is 2. The van der Waals surface area contributed by atoms with E-state index in [0.717, 1.165) is 10.5 Å². The molecule has 0 spiro atoms. The number of benzene rings is 1. The van der Waals surface area contributed by atoms with Crippen LogP contribution in [-0.4, -0.2) is 11.1 Å². The van der Waals surface area contributed by atoms with Gasteiger partial charge in [-0.1, -0.05) is 24.3 Å². The molecular formula is C12H12O2S. The van der Waals surface area contributed by atoms with Crippen molar-refractivity contribution >= 4 is 16.9 Å². The number of allylic oxidation sites excluding steroid dienone is 2. The second-order valence-electron chi connectivity index (χ2n) is 3.37. The van der Waals surface area contributed by atoms with Gasteiger partial charge < -0.3 is 5.11 Å². The Morgan fingerprint density at radius 2 is 1.93 bits per heavy atom. The molecule has 0 aromatic heterocycles. The molecule has 1 N–H and O–H groups in total. The van der Waals surface area contributed by atoms with E-state index in [1.165, 1.54) is 0 Å².